The average molecular weight is 338 g/mol. The highest BCUT2D eigenvalue weighted by Gasteiger charge is 2.32. The summed E-state index contributed by atoms with van der Waals surface area (Å²) in [7, 11) is 0. The largest absolute Gasteiger partial charge is 0.481 e. The van der Waals surface area contributed by atoms with Crippen molar-refractivity contribution in [1.82, 2.24) is 10.6 Å². The van der Waals surface area contributed by atoms with Crippen molar-refractivity contribution in [2.75, 3.05) is 6.54 Å². The molecule has 6 nitrogen and oxygen atoms in total. The Morgan fingerprint density at radius 3 is 2.46 bits per heavy atom. The molecule has 0 spiro atoms. The maximum atomic E-state index is 13.1. The van der Waals surface area contributed by atoms with Crippen molar-refractivity contribution in [3.05, 3.63) is 35.6 Å². The Bertz CT molecular complexity index is 618. The molecule has 0 heterocycles. The van der Waals surface area contributed by atoms with Crippen LogP contribution in [0.3, 0.4) is 0 Å². The molecule has 0 aliphatic rings. The summed E-state index contributed by atoms with van der Waals surface area (Å²) in [6, 6.07) is 5.66. The minimum atomic E-state index is -1.01. The summed E-state index contributed by atoms with van der Waals surface area (Å²) >= 11 is 0. The number of aliphatic carboxylic acids is 1. The number of halogens is 1. The lowest BCUT2D eigenvalue weighted by atomic mass is 9.85. The van der Waals surface area contributed by atoms with Crippen molar-refractivity contribution in [2.24, 2.45) is 5.92 Å². The lowest BCUT2D eigenvalue weighted by molar-refractivity contribution is -0.139. The van der Waals surface area contributed by atoms with Crippen LogP contribution in [-0.4, -0.2) is 35.0 Å². The van der Waals surface area contributed by atoms with E-state index in [4.69, 9.17) is 5.11 Å². The van der Waals surface area contributed by atoms with Gasteiger partial charge >= 0.3 is 5.97 Å². The van der Waals surface area contributed by atoms with E-state index in [1.807, 2.05) is 13.8 Å². The van der Waals surface area contributed by atoms with Gasteiger partial charge in [0.1, 0.15) is 5.82 Å². The van der Waals surface area contributed by atoms with Gasteiger partial charge in [-0.15, -0.1) is 0 Å². The lowest BCUT2D eigenvalue weighted by Gasteiger charge is -2.33. The first-order chi connectivity index (χ1) is 11.1. The Hall–Kier alpha value is -2.44. The third-order valence-electron chi connectivity index (χ3n) is 3.92. The van der Waals surface area contributed by atoms with E-state index in [0.717, 1.165) is 0 Å². The topological polar surface area (TPSA) is 95.5 Å². The number of carbonyl (C=O) groups excluding carboxylic acids is 2. The Morgan fingerprint density at radius 1 is 1.25 bits per heavy atom. The van der Waals surface area contributed by atoms with Crippen LogP contribution in [-0.2, 0) is 20.8 Å². The Kier molecular flexibility index (Phi) is 6.88. The fourth-order valence-corrected chi connectivity index (χ4v) is 2.14. The third-order valence-corrected chi connectivity index (χ3v) is 3.92. The van der Waals surface area contributed by atoms with Gasteiger partial charge in [-0.1, -0.05) is 26.0 Å². The summed E-state index contributed by atoms with van der Waals surface area (Å²) < 4.78 is 13.1. The minimum Gasteiger partial charge on any atom is -0.481 e. The van der Waals surface area contributed by atoms with E-state index in [1.54, 1.807) is 13.0 Å². The number of carboxylic acid groups (broad SMARTS) is 1. The van der Waals surface area contributed by atoms with E-state index in [2.05, 4.69) is 10.6 Å². The van der Waals surface area contributed by atoms with Crippen LogP contribution < -0.4 is 10.6 Å². The van der Waals surface area contributed by atoms with Crippen LogP contribution in [0, 0.1) is 11.7 Å². The number of hydrogen-bond donors (Lipinski definition) is 3. The first-order valence-electron chi connectivity index (χ1n) is 7.66. The van der Waals surface area contributed by atoms with Gasteiger partial charge in [0.05, 0.1) is 24.9 Å². The van der Waals surface area contributed by atoms with E-state index >= 15 is 0 Å². The molecule has 1 atom stereocenters. The maximum absolute atomic E-state index is 13.1. The number of rotatable bonds is 8. The number of benzene rings is 1. The van der Waals surface area contributed by atoms with E-state index in [1.165, 1.54) is 18.2 Å². The normalized spacial score (nSPS) is 13.2. The van der Waals surface area contributed by atoms with Gasteiger partial charge in [0.25, 0.3) is 0 Å². The molecule has 132 valence electrons. The maximum Gasteiger partial charge on any atom is 0.305 e. The van der Waals surface area contributed by atoms with Gasteiger partial charge in [0, 0.05) is 0 Å². The lowest BCUT2D eigenvalue weighted by Crippen LogP contribution is -2.53. The van der Waals surface area contributed by atoms with E-state index in [-0.39, 0.29) is 25.3 Å². The van der Waals surface area contributed by atoms with Gasteiger partial charge < -0.3 is 15.7 Å². The van der Waals surface area contributed by atoms with Gasteiger partial charge in [0.15, 0.2) is 0 Å². The number of nitrogens with one attached hydrogen (secondary N) is 2. The van der Waals surface area contributed by atoms with Gasteiger partial charge in [-0.3, -0.25) is 14.4 Å². The Balaban J connectivity index is 2.52. The van der Waals surface area contributed by atoms with Crippen molar-refractivity contribution >= 4 is 17.8 Å². The number of carbonyl (C=O) groups is 3. The van der Waals surface area contributed by atoms with E-state index < -0.39 is 29.1 Å². The molecule has 1 aromatic rings. The molecule has 1 unspecified atom stereocenters. The van der Waals surface area contributed by atoms with Crippen LogP contribution >= 0.6 is 0 Å². The van der Waals surface area contributed by atoms with Crippen LogP contribution in [0.2, 0.25) is 0 Å². The van der Waals surface area contributed by atoms with Crippen LogP contribution in [0.1, 0.15) is 32.8 Å². The summed E-state index contributed by atoms with van der Waals surface area (Å²) in [5.41, 5.74) is -0.401. The predicted molar refractivity (Wildman–Crippen MR) is 86.8 cm³/mol. The summed E-state index contributed by atoms with van der Waals surface area (Å²) in [6.45, 7) is 5.01. The highest BCUT2D eigenvalue weighted by Crippen LogP contribution is 2.20. The summed E-state index contributed by atoms with van der Waals surface area (Å²) in [5.74, 6) is -2.43. The molecule has 0 saturated carbocycles. The molecule has 0 aromatic heterocycles. The third kappa shape index (κ3) is 6.36. The highest BCUT2D eigenvalue weighted by atomic mass is 19.1. The molecule has 7 heteroatoms. The van der Waals surface area contributed by atoms with E-state index in [0.29, 0.717) is 5.56 Å². The van der Waals surface area contributed by atoms with Crippen molar-refractivity contribution in [3.8, 4) is 0 Å². The van der Waals surface area contributed by atoms with Crippen molar-refractivity contribution < 1.29 is 23.9 Å². The van der Waals surface area contributed by atoms with Gasteiger partial charge in [-0.2, -0.15) is 0 Å². The number of amides is 2. The fraction of sp³-hybridized carbons (Fsp3) is 0.471. The zero-order valence-electron chi connectivity index (χ0n) is 14.1. The molecule has 0 aliphatic heterocycles. The van der Waals surface area contributed by atoms with Crippen LogP contribution in [0.4, 0.5) is 4.39 Å². The molecule has 1 aromatic carbocycles. The number of hydrogen-bond acceptors (Lipinski definition) is 3. The molecule has 0 radical (unpaired) electrons. The summed E-state index contributed by atoms with van der Waals surface area (Å²) in [4.78, 5) is 34.7. The summed E-state index contributed by atoms with van der Waals surface area (Å²) in [6.07, 6.45) is -0.255. The zero-order valence-corrected chi connectivity index (χ0v) is 14.1. The smallest absolute Gasteiger partial charge is 0.305 e. The first-order valence-corrected chi connectivity index (χ1v) is 7.66. The fourth-order valence-electron chi connectivity index (χ4n) is 2.14. The van der Waals surface area contributed by atoms with Crippen molar-refractivity contribution in [3.63, 3.8) is 0 Å². The predicted octanol–water partition coefficient (Wildman–Crippen LogP) is 1.49. The van der Waals surface area contributed by atoms with Gasteiger partial charge in [-0.05, 0) is 30.5 Å². The first kappa shape index (κ1) is 19.6. The Labute approximate surface area is 140 Å². The molecule has 24 heavy (non-hydrogen) atoms. The SMILES string of the molecule is CC(C)C(C)(CC(=O)O)NC(=O)CNC(=O)Cc1cccc(F)c1. The van der Waals surface area contributed by atoms with Crippen LogP contribution in [0.5, 0.6) is 0 Å². The van der Waals surface area contributed by atoms with Gasteiger partial charge in [-0.25, -0.2) is 4.39 Å². The van der Waals surface area contributed by atoms with Crippen LogP contribution in [0.15, 0.2) is 24.3 Å². The number of carboxylic acids is 1. The quantitative estimate of drug-likeness (QED) is 0.669. The van der Waals surface area contributed by atoms with Crippen molar-refractivity contribution in [1.29, 1.82) is 0 Å². The standard InChI is InChI=1S/C17H23FN2O4/c1-11(2)17(3,9-16(23)24)20-15(22)10-19-14(21)8-12-5-4-6-13(18)7-12/h4-7,11H,8-10H2,1-3H3,(H,19,21)(H,20,22)(H,23,24). The second-order valence-corrected chi connectivity index (χ2v) is 6.27. The molecule has 3 N–H and O–H groups in total. The second kappa shape index (κ2) is 8.42. The van der Waals surface area contributed by atoms with Crippen molar-refractivity contribution in [2.45, 2.75) is 39.2 Å². The zero-order chi connectivity index (χ0) is 18.3. The highest BCUT2D eigenvalue weighted by molar-refractivity contribution is 5.86. The molecule has 0 bridgehead atoms. The van der Waals surface area contributed by atoms with E-state index in [9.17, 15) is 18.8 Å². The molecule has 0 aliphatic carbocycles. The van der Waals surface area contributed by atoms with Crippen LogP contribution in [0.25, 0.3) is 0 Å². The summed E-state index contributed by atoms with van der Waals surface area (Å²) in [5, 5.41) is 14.1. The molecule has 1 rings (SSSR count). The minimum absolute atomic E-state index is 0.0401. The monoisotopic (exact) mass is 338 g/mol. The molecular weight excluding hydrogens is 315 g/mol. The second-order valence-electron chi connectivity index (χ2n) is 6.27. The Morgan fingerprint density at radius 2 is 1.92 bits per heavy atom. The molecule has 0 saturated heterocycles. The molecule has 0 fully saturated rings. The average Bonchev–Trinajstić information content (AvgIpc) is 2.44. The molecular formula is C17H23FN2O4. The molecule has 2 amide bonds. The van der Waals surface area contributed by atoms with Gasteiger partial charge in [0.2, 0.25) is 11.8 Å².